The van der Waals surface area contributed by atoms with Gasteiger partial charge >= 0.3 is 11.9 Å². The highest BCUT2D eigenvalue weighted by atomic mass is 16.4. The molecular weight excluding hydrogens is 340 g/mol. The van der Waals surface area contributed by atoms with Crippen LogP contribution in [-0.2, 0) is 9.59 Å². The van der Waals surface area contributed by atoms with E-state index in [0.29, 0.717) is 0 Å². The molecule has 0 heterocycles. The summed E-state index contributed by atoms with van der Waals surface area (Å²) < 4.78 is 0. The third-order valence-electron chi connectivity index (χ3n) is 7.00. The summed E-state index contributed by atoms with van der Waals surface area (Å²) in [4.78, 5) is 23.0. The Kier molecular flexibility index (Phi) is 8.85. The molecule has 4 heteroatoms. The molecule has 0 radical (unpaired) electrons. The van der Waals surface area contributed by atoms with E-state index in [2.05, 4.69) is 12.2 Å². The number of rotatable bonds is 13. The zero-order valence-corrected chi connectivity index (χ0v) is 16.9. The van der Waals surface area contributed by atoms with Crippen molar-refractivity contribution in [3.63, 3.8) is 0 Å². The summed E-state index contributed by atoms with van der Waals surface area (Å²) in [6, 6.07) is 0. The summed E-state index contributed by atoms with van der Waals surface area (Å²) in [5.74, 6) is -1.17. The van der Waals surface area contributed by atoms with Gasteiger partial charge in [-0.15, -0.1) is 0 Å². The fourth-order valence-electron chi connectivity index (χ4n) is 5.11. The molecule has 0 aromatic carbocycles. The van der Waals surface area contributed by atoms with Gasteiger partial charge in [-0.3, -0.25) is 9.59 Å². The fraction of sp³-hybridized carbons (Fsp3) is 0.826. The molecule has 0 amide bonds. The summed E-state index contributed by atoms with van der Waals surface area (Å²) in [5, 5.41) is 19.0. The second-order valence-corrected chi connectivity index (χ2v) is 8.90. The van der Waals surface area contributed by atoms with Gasteiger partial charge in [0.2, 0.25) is 0 Å². The standard InChI is InChI=1S/C23H38O4/c24-20(25)22(16-10-11-17-22)14-8-6-4-2-1-3-5-7-9-15-23(21(26)27)18-12-13-19-23/h1-2H,3-19H2,(H,24,25)(H,26,27). The van der Waals surface area contributed by atoms with Gasteiger partial charge in [0.05, 0.1) is 10.8 Å². The highest BCUT2D eigenvalue weighted by Crippen LogP contribution is 2.43. The summed E-state index contributed by atoms with van der Waals surface area (Å²) in [6.45, 7) is 0. The predicted octanol–water partition coefficient (Wildman–Crippen LogP) is 6.34. The van der Waals surface area contributed by atoms with Crippen molar-refractivity contribution >= 4 is 11.9 Å². The monoisotopic (exact) mass is 378 g/mol. The molecule has 2 rings (SSSR count). The third-order valence-corrected chi connectivity index (χ3v) is 7.00. The quantitative estimate of drug-likeness (QED) is 0.289. The zero-order valence-electron chi connectivity index (χ0n) is 16.9. The van der Waals surface area contributed by atoms with Gasteiger partial charge in [-0.05, 0) is 64.2 Å². The number of allylic oxidation sites excluding steroid dienone is 2. The normalized spacial score (nSPS) is 21.0. The first kappa shape index (κ1) is 22.0. The minimum absolute atomic E-state index is 0.414. The van der Waals surface area contributed by atoms with Crippen LogP contribution in [0.5, 0.6) is 0 Å². The predicted molar refractivity (Wildman–Crippen MR) is 108 cm³/mol. The molecule has 0 aromatic heterocycles. The van der Waals surface area contributed by atoms with Gasteiger partial charge in [-0.2, -0.15) is 0 Å². The lowest BCUT2D eigenvalue weighted by atomic mass is 9.81. The van der Waals surface area contributed by atoms with E-state index in [1.165, 1.54) is 0 Å². The Balaban J connectivity index is 1.48. The van der Waals surface area contributed by atoms with Gasteiger partial charge < -0.3 is 10.2 Å². The second kappa shape index (κ2) is 10.9. The van der Waals surface area contributed by atoms with Crippen molar-refractivity contribution < 1.29 is 19.8 Å². The first-order valence-electron chi connectivity index (χ1n) is 11.1. The van der Waals surface area contributed by atoms with Crippen molar-refractivity contribution in [2.24, 2.45) is 10.8 Å². The molecule has 154 valence electrons. The molecule has 0 bridgehead atoms. The lowest BCUT2D eigenvalue weighted by Gasteiger charge is -2.23. The Labute approximate surface area is 164 Å². The summed E-state index contributed by atoms with van der Waals surface area (Å²) >= 11 is 0. The molecule has 2 aliphatic carbocycles. The number of carboxylic acid groups (broad SMARTS) is 2. The molecule has 2 saturated carbocycles. The maximum atomic E-state index is 11.5. The van der Waals surface area contributed by atoms with Gasteiger partial charge in [-0.1, -0.05) is 57.1 Å². The van der Waals surface area contributed by atoms with Crippen LogP contribution in [0.3, 0.4) is 0 Å². The van der Waals surface area contributed by atoms with Crippen LogP contribution in [0, 0.1) is 10.8 Å². The minimum Gasteiger partial charge on any atom is -0.481 e. The van der Waals surface area contributed by atoms with Crippen LogP contribution in [0.25, 0.3) is 0 Å². The maximum Gasteiger partial charge on any atom is 0.309 e. The molecule has 0 unspecified atom stereocenters. The van der Waals surface area contributed by atoms with E-state index in [9.17, 15) is 19.8 Å². The average molecular weight is 379 g/mol. The van der Waals surface area contributed by atoms with E-state index in [1.54, 1.807) is 0 Å². The number of carbonyl (C=O) groups is 2. The lowest BCUT2D eigenvalue weighted by molar-refractivity contribution is -0.150. The van der Waals surface area contributed by atoms with E-state index in [-0.39, 0.29) is 0 Å². The molecule has 2 N–H and O–H groups in total. The van der Waals surface area contributed by atoms with Crippen LogP contribution in [0.15, 0.2) is 12.2 Å². The first-order valence-corrected chi connectivity index (χ1v) is 11.1. The average Bonchev–Trinajstić information content (AvgIpc) is 3.30. The van der Waals surface area contributed by atoms with Crippen molar-refractivity contribution in [1.29, 1.82) is 0 Å². The van der Waals surface area contributed by atoms with E-state index in [1.807, 2.05) is 0 Å². The Bertz CT molecular complexity index is 497. The van der Waals surface area contributed by atoms with E-state index in [4.69, 9.17) is 0 Å². The zero-order chi connectivity index (χ0) is 19.6. The molecule has 2 aliphatic rings. The topological polar surface area (TPSA) is 74.6 Å². The Morgan fingerprint density at radius 2 is 1.00 bits per heavy atom. The number of hydrogen-bond acceptors (Lipinski definition) is 2. The summed E-state index contributed by atoms with van der Waals surface area (Å²) in [5.41, 5.74) is -0.835. The summed E-state index contributed by atoms with van der Waals surface area (Å²) in [7, 11) is 0. The van der Waals surface area contributed by atoms with E-state index in [0.717, 1.165) is 109 Å². The number of carboxylic acids is 2. The van der Waals surface area contributed by atoms with Gasteiger partial charge in [0.15, 0.2) is 0 Å². The van der Waals surface area contributed by atoms with Crippen molar-refractivity contribution in [2.75, 3.05) is 0 Å². The smallest absolute Gasteiger partial charge is 0.309 e. The molecule has 0 aromatic rings. The molecule has 0 aliphatic heterocycles. The highest BCUT2D eigenvalue weighted by molar-refractivity contribution is 5.75. The van der Waals surface area contributed by atoms with Crippen LogP contribution in [0.2, 0.25) is 0 Å². The largest absolute Gasteiger partial charge is 0.481 e. The molecular formula is C23H38O4. The maximum absolute atomic E-state index is 11.5. The Morgan fingerprint density at radius 3 is 1.41 bits per heavy atom. The lowest BCUT2D eigenvalue weighted by Crippen LogP contribution is -2.27. The van der Waals surface area contributed by atoms with Crippen LogP contribution >= 0.6 is 0 Å². The Morgan fingerprint density at radius 1 is 0.630 bits per heavy atom. The van der Waals surface area contributed by atoms with E-state index >= 15 is 0 Å². The van der Waals surface area contributed by atoms with Crippen molar-refractivity contribution in [1.82, 2.24) is 0 Å². The molecule has 2 fully saturated rings. The van der Waals surface area contributed by atoms with Crippen molar-refractivity contribution in [2.45, 2.75) is 109 Å². The van der Waals surface area contributed by atoms with Crippen molar-refractivity contribution in [3.8, 4) is 0 Å². The van der Waals surface area contributed by atoms with Crippen LogP contribution < -0.4 is 0 Å². The SMILES string of the molecule is O=C(O)C1(CCCCC=CCCCCCC2(C(=O)O)CCCC2)CCCC1. The van der Waals surface area contributed by atoms with Gasteiger partial charge in [-0.25, -0.2) is 0 Å². The molecule has 0 saturated heterocycles. The number of unbranched alkanes of at least 4 members (excludes halogenated alkanes) is 5. The highest BCUT2D eigenvalue weighted by Gasteiger charge is 2.41. The van der Waals surface area contributed by atoms with E-state index < -0.39 is 22.8 Å². The molecule has 0 spiro atoms. The van der Waals surface area contributed by atoms with Gasteiger partial charge in [0.25, 0.3) is 0 Å². The fourth-order valence-corrected chi connectivity index (χ4v) is 5.11. The molecule has 27 heavy (non-hydrogen) atoms. The summed E-state index contributed by atoms with van der Waals surface area (Å²) in [6.07, 6.45) is 21.4. The first-order chi connectivity index (χ1) is 13.0. The third kappa shape index (κ3) is 6.36. The minimum atomic E-state index is -0.585. The van der Waals surface area contributed by atoms with Crippen molar-refractivity contribution in [3.05, 3.63) is 12.2 Å². The van der Waals surface area contributed by atoms with Crippen LogP contribution in [-0.4, -0.2) is 22.2 Å². The van der Waals surface area contributed by atoms with Gasteiger partial charge in [0, 0.05) is 0 Å². The molecule has 0 atom stereocenters. The second-order valence-electron chi connectivity index (χ2n) is 8.90. The number of hydrogen-bond donors (Lipinski definition) is 2. The number of aliphatic carboxylic acids is 2. The van der Waals surface area contributed by atoms with Gasteiger partial charge in [0.1, 0.15) is 0 Å². The van der Waals surface area contributed by atoms with Crippen LogP contribution in [0.1, 0.15) is 109 Å². The Hall–Kier alpha value is -1.32. The molecule has 4 nitrogen and oxygen atoms in total. The van der Waals surface area contributed by atoms with Crippen LogP contribution in [0.4, 0.5) is 0 Å².